The zero-order valence-electron chi connectivity index (χ0n) is 8.21. The molecule has 0 saturated carbocycles. The van der Waals surface area contributed by atoms with Crippen molar-refractivity contribution in [2.75, 3.05) is 0 Å². The fraction of sp³-hybridized carbons (Fsp3) is 0.364. The molecule has 1 aliphatic rings. The predicted octanol–water partition coefficient (Wildman–Crippen LogP) is 3.44. The smallest absolute Gasteiger partial charge is 0.135 e. The minimum atomic E-state index is 0.339. The molecule has 1 aromatic carbocycles. The zero-order chi connectivity index (χ0) is 10.3. The molecule has 1 heterocycles. The first-order chi connectivity index (χ1) is 6.59. The summed E-state index contributed by atoms with van der Waals surface area (Å²) in [5.41, 5.74) is 3.00. The van der Waals surface area contributed by atoms with E-state index >= 15 is 0 Å². The lowest BCUT2D eigenvalue weighted by Gasteiger charge is -2.20. The maximum atomic E-state index is 9.83. The Kier molecular flexibility index (Phi) is 2.35. The lowest BCUT2D eigenvalue weighted by Crippen LogP contribution is -2.14. The van der Waals surface area contributed by atoms with E-state index in [0.29, 0.717) is 11.7 Å². The Labute approximate surface area is 91.8 Å². The molecule has 2 nitrogen and oxygen atoms in total. The zero-order valence-corrected chi connectivity index (χ0v) is 9.80. The van der Waals surface area contributed by atoms with Crippen molar-refractivity contribution in [2.24, 2.45) is 10.9 Å². The first-order valence-corrected chi connectivity index (χ1v) is 5.44. The highest BCUT2D eigenvalue weighted by Crippen LogP contribution is 2.39. The average molecular weight is 254 g/mol. The number of aliphatic imine (C=N–C) groups is 1. The first kappa shape index (κ1) is 9.71. The molecular weight excluding hydrogens is 242 g/mol. The van der Waals surface area contributed by atoms with Gasteiger partial charge in [-0.2, -0.15) is 0 Å². The first-order valence-electron chi connectivity index (χ1n) is 4.65. The molecule has 2 rings (SSSR count). The normalized spacial score (nSPS) is 20.2. The minimum absolute atomic E-state index is 0.339. The van der Waals surface area contributed by atoms with E-state index < -0.39 is 0 Å². The summed E-state index contributed by atoms with van der Waals surface area (Å²) >= 11 is 3.31. The van der Waals surface area contributed by atoms with Gasteiger partial charge in [-0.25, -0.2) is 0 Å². The van der Waals surface area contributed by atoms with Gasteiger partial charge in [0.1, 0.15) is 5.75 Å². The molecular formula is C11H12BrNO. The third kappa shape index (κ3) is 1.46. The molecule has 0 amide bonds. The number of phenols is 1. The second-order valence-corrected chi connectivity index (χ2v) is 4.61. The van der Waals surface area contributed by atoms with Crippen LogP contribution in [-0.4, -0.2) is 10.8 Å². The molecule has 0 unspecified atom stereocenters. The predicted molar refractivity (Wildman–Crippen MR) is 61.4 cm³/mol. The van der Waals surface area contributed by atoms with Crippen LogP contribution in [0.4, 0.5) is 5.69 Å². The highest BCUT2D eigenvalue weighted by atomic mass is 79.9. The molecule has 1 atom stereocenters. The number of hydrogen-bond donors (Lipinski definition) is 1. The van der Waals surface area contributed by atoms with Crippen molar-refractivity contribution in [1.29, 1.82) is 0 Å². The van der Waals surface area contributed by atoms with Gasteiger partial charge >= 0.3 is 0 Å². The van der Waals surface area contributed by atoms with Crippen LogP contribution in [0.5, 0.6) is 5.75 Å². The lowest BCUT2D eigenvalue weighted by molar-refractivity contribution is 0.462. The van der Waals surface area contributed by atoms with Crippen molar-refractivity contribution >= 4 is 27.3 Å². The highest BCUT2D eigenvalue weighted by molar-refractivity contribution is 9.10. The molecule has 1 aliphatic heterocycles. The van der Waals surface area contributed by atoms with Crippen LogP contribution in [0.15, 0.2) is 21.6 Å². The molecule has 0 aliphatic carbocycles. The molecule has 0 fully saturated rings. The van der Waals surface area contributed by atoms with Crippen molar-refractivity contribution in [2.45, 2.75) is 20.3 Å². The number of nitrogens with zero attached hydrogens (tertiary/aromatic N) is 1. The average Bonchev–Trinajstić information content (AvgIpc) is 2.15. The number of phenolic OH excluding ortho intramolecular Hbond substituents is 1. The van der Waals surface area contributed by atoms with Crippen molar-refractivity contribution in [3.63, 3.8) is 0 Å². The Bertz CT molecular complexity index is 412. The van der Waals surface area contributed by atoms with E-state index in [0.717, 1.165) is 27.9 Å². The quantitative estimate of drug-likeness (QED) is 0.755. The number of fused-ring (bicyclic) bond motifs is 1. The lowest BCUT2D eigenvalue weighted by atomic mass is 9.92. The SMILES string of the molecule is CC1=Nc2ccc(Br)c(O)c2C[C@@H]1C. The Morgan fingerprint density at radius 3 is 2.93 bits per heavy atom. The number of rotatable bonds is 0. The van der Waals surface area contributed by atoms with Crippen LogP contribution in [-0.2, 0) is 6.42 Å². The summed E-state index contributed by atoms with van der Waals surface area (Å²) < 4.78 is 0.748. The second kappa shape index (κ2) is 3.39. The number of halogens is 1. The fourth-order valence-electron chi connectivity index (χ4n) is 1.66. The van der Waals surface area contributed by atoms with E-state index in [4.69, 9.17) is 0 Å². The van der Waals surface area contributed by atoms with Crippen molar-refractivity contribution < 1.29 is 5.11 Å². The van der Waals surface area contributed by atoms with Gasteiger partial charge in [0.05, 0.1) is 10.2 Å². The molecule has 1 N–H and O–H groups in total. The summed E-state index contributed by atoms with van der Waals surface area (Å²) in [6.07, 6.45) is 0.871. The van der Waals surface area contributed by atoms with E-state index in [1.807, 2.05) is 19.1 Å². The summed E-state index contributed by atoms with van der Waals surface area (Å²) in [5, 5.41) is 9.83. The fourth-order valence-corrected chi connectivity index (χ4v) is 2.03. The topological polar surface area (TPSA) is 32.6 Å². The van der Waals surface area contributed by atoms with Crippen molar-refractivity contribution in [1.82, 2.24) is 0 Å². The summed E-state index contributed by atoms with van der Waals surface area (Å²) in [7, 11) is 0. The van der Waals surface area contributed by atoms with Crippen LogP contribution in [0.2, 0.25) is 0 Å². The van der Waals surface area contributed by atoms with Gasteiger partial charge in [0, 0.05) is 11.3 Å². The van der Waals surface area contributed by atoms with Gasteiger partial charge in [-0.05, 0) is 47.3 Å². The van der Waals surface area contributed by atoms with Gasteiger partial charge in [0.2, 0.25) is 0 Å². The van der Waals surface area contributed by atoms with Crippen molar-refractivity contribution in [3.8, 4) is 5.75 Å². The van der Waals surface area contributed by atoms with Gasteiger partial charge in [0.15, 0.2) is 0 Å². The Hall–Kier alpha value is -0.830. The second-order valence-electron chi connectivity index (χ2n) is 3.75. The van der Waals surface area contributed by atoms with Crippen LogP contribution in [0.1, 0.15) is 19.4 Å². The van der Waals surface area contributed by atoms with Gasteiger partial charge in [0.25, 0.3) is 0 Å². The number of hydrogen-bond acceptors (Lipinski definition) is 2. The molecule has 74 valence electrons. The molecule has 0 saturated heterocycles. The van der Waals surface area contributed by atoms with E-state index in [2.05, 4.69) is 27.8 Å². The minimum Gasteiger partial charge on any atom is -0.506 e. The maximum Gasteiger partial charge on any atom is 0.135 e. The summed E-state index contributed by atoms with van der Waals surface area (Å²) in [5.74, 6) is 0.758. The summed E-state index contributed by atoms with van der Waals surface area (Å²) in [6.45, 7) is 4.16. The van der Waals surface area contributed by atoms with E-state index in [1.165, 1.54) is 0 Å². The van der Waals surface area contributed by atoms with E-state index in [-0.39, 0.29) is 0 Å². The van der Waals surface area contributed by atoms with E-state index in [1.54, 1.807) is 0 Å². The molecule has 14 heavy (non-hydrogen) atoms. The highest BCUT2D eigenvalue weighted by Gasteiger charge is 2.20. The molecule has 3 heteroatoms. The van der Waals surface area contributed by atoms with Crippen LogP contribution in [0, 0.1) is 5.92 Å². The van der Waals surface area contributed by atoms with Gasteiger partial charge in [-0.1, -0.05) is 6.92 Å². The summed E-state index contributed by atoms with van der Waals surface area (Å²) in [4.78, 5) is 4.46. The van der Waals surface area contributed by atoms with Crippen LogP contribution < -0.4 is 0 Å². The standard InChI is InChI=1S/C11H12BrNO/c1-6-5-8-10(13-7(6)2)4-3-9(12)11(8)14/h3-4,6,14H,5H2,1-2H3/t6-/m0/s1. The van der Waals surface area contributed by atoms with Crippen LogP contribution in [0.3, 0.4) is 0 Å². The third-order valence-electron chi connectivity index (χ3n) is 2.73. The monoisotopic (exact) mass is 253 g/mol. The molecule has 0 radical (unpaired) electrons. The number of aromatic hydroxyl groups is 1. The molecule has 0 aromatic heterocycles. The Morgan fingerprint density at radius 1 is 1.50 bits per heavy atom. The van der Waals surface area contributed by atoms with Gasteiger partial charge < -0.3 is 5.11 Å². The molecule has 0 spiro atoms. The van der Waals surface area contributed by atoms with Gasteiger partial charge in [-0.3, -0.25) is 4.99 Å². The Morgan fingerprint density at radius 2 is 2.21 bits per heavy atom. The van der Waals surface area contributed by atoms with Crippen LogP contribution >= 0.6 is 15.9 Å². The van der Waals surface area contributed by atoms with Crippen LogP contribution in [0.25, 0.3) is 0 Å². The Balaban J connectivity index is 2.60. The third-order valence-corrected chi connectivity index (χ3v) is 3.37. The largest absolute Gasteiger partial charge is 0.506 e. The molecule has 0 bridgehead atoms. The summed E-state index contributed by atoms with van der Waals surface area (Å²) in [6, 6.07) is 3.77. The maximum absolute atomic E-state index is 9.83. The van der Waals surface area contributed by atoms with Crippen molar-refractivity contribution in [3.05, 3.63) is 22.2 Å². The molecule has 1 aromatic rings. The van der Waals surface area contributed by atoms with E-state index in [9.17, 15) is 5.11 Å². The number of benzene rings is 1. The van der Waals surface area contributed by atoms with Gasteiger partial charge in [-0.15, -0.1) is 0 Å².